The van der Waals surface area contributed by atoms with Crippen LogP contribution < -0.4 is 9.75 Å². The van der Waals surface area contributed by atoms with E-state index in [4.69, 9.17) is 16.3 Å². The zero-order chi connectivity index (χ0) is 23.7. The molecule has 0 aliphatic carbocycles. The Bertz CT molecular complexity index is 1360. The molecular weight excluding hydrogens is 452 g/mol. The van der Waals surface area contributed by atoms with E-state index in [2.05, 4.69) is 122 Å². The van der Waals surface area contributed by atoms with Gasteiger partial charge >= 0.3 is 8.40 Å². The molecule has 0 aromatic heterocycles. The van der Waals surface area contributed by atoms with E-state index < -0.39 is 8.40 Å². The molecule has 0 N–H and O–H groups in total. The van der Waals surface area contributed by atoms with Crippen LogP contribution in [0.3, 0.4) is 0 Å². The van der Waals surface area contributed by atoms with E-state index in [1.54, 1.807) is 0 Å². The summed E-state index contributed by atoms with van der Waals surface area (Å²) in [6.07, 6.45) is 0. The van der Waals surface area contributed by atoms with Gasteiger partial charge in [0.25, 0.3) is 0 Å². The Kier molecular flexibility index (Phi) is 5.99. The number of nitrogens with zero attached hydrogens (tertiary/aromatic N) is 2. The van der Waals surface area contributed by atoms with E-state index in [9.17, 15) is 0 Å². The first kappa shape index (κ1) is 22.4. The molecule has 4 heteroatoms. The van der Waals surface area contributed by atoms with Crippen LogP contribution in [-0.2, 0) is 0 Å². The number of hydrogen-bond acceptors (Lipinski definition) is 2. The van der Waals surface area contributed by atoms with E-state index in [-0.39, 0.29) is 0 Å². The first-order valence-corrected chi connectivity index (χ1v) is 14.3. The molecule has 0 radical (unpaired) electrons. The molecule has 2 nitrogen and oxygen atoms in total. The lowest BCUT2D eigenvalue weighted by atomic mass is 9.97. The van der Waals surface area contributed by atoms with Crippen LogP contribution in [0.1, 0.15) is 23.6 Å². The normalized spacial score (nSPS) is 18.1. The Hall–Kier alpha value is -3.40. The maximum absolute atomic E-state index is 6.29. The van der Waals surface area contributed by atoms with E-state index in [1.807, 2.05) is 12.1 Å². The van der Waals surface area contributed by atoms with Gasteiger partial charge in [0, 0.05) is 16.4 Å². The van der Waals surface area contributed by atoms with Crippen molar-refractivity contribution in [3.05, 3.63) is 136 Å². The maximum atomic E-state index is 6.29. The number of rotatable bonds is 4. The average Bonchev–Trinajstić information content (AvgIpc) is 2.87. The van der Waals surface area contributed by atoms with E-state index in [0.29, 0.717) is 0 Å². The van der Waals surface area contributed by atoms with Crippen molar-refractivity contribution < 1.29 is 0 Å². The van der Waals surface area contributed by atoms with Crippen molar-refractivity contribution in [3.63, 3.8) is 0 Å². The first-order valence-electron chi connectivity index (χ1n) is 11.5. The molecular formula is C30H27ClN2Si. The van der Waals surface area contributed by atoms with Gasteiger partial charge in [0.05, 0.1) is 5.71 Å². The molecule has 0 fully saturated rings. The first-order chi connectivity index (χ1) is 16.5. The molecule has 0 bridgehead atoms. The highest BCUT2D eigenvalue weighted by molar-refractivity contribution is 6.95. The number of anilines is 1. The fourth-order valence-corrected chi connectivity index (χ4v) is 8.25. The predicted octanol–water partition coefficient (Wildman–Crippen LogP) is 7.37. The summed E-state index contributed by atoms with van der Waals surface area (Å²) in [6.45, 7) is 6.65. The highest BCUT2D eigenvalue weighted by atomic mass is 35.5. The van der Waals surface area contributed by atoms with E-state index >= 15 is 0 Å². The molecule has 34 heavy (non-hydrogen) atoms. The minimum atomic E-state index is -2.61. The van der Waals surface area contributed by atoms with E-state index in [1.165, 1.54) is 16.4 Å². The van der Waals surface area contributed by atoms with Crippen molar-refractivity contribution in [2.24, 2.45) is 4.66 Å². The summed E-state index contributed by atoms with van der Waals surface area (Å²) in [5.41, 5.74) is 8.10. The lowest BCUT2D eigenvalue weighted by Gasteiger charge is -2.44. The van der Waals surface area contributed by atoms with Gasteiger partial charge in [0.15, 0.2) is 0 Å². The maximum Gasteiger partial charge on any atom is 0.318 e. The molecule has 1 heterocycles. The van der Waals surface area contributed by atoms with Crippen molar-refractivity contribution in [2.75, 3.05) is 4.57 Å². The summed E-state index contributed by atoms with van der Waals surface area (Å²) in [4.78, 5) is 0. The van der Waals surface area contributed by atoms with Crippen LogP contribution in [0.2, 0.25) is 11.6 Å². The Morgan fingerprint density at radius 1 is 0.676 bits per heavy atom. The van der Waals surface area contributed by atoms with Gasteiger partial charge in [-0.1, -0.05) is 102 Å². The largest absolute Gasteiger partial charge is 0.345 e. The number of hydrogen-bond donors (Lipinski definition) is 0. The van der Waals surface area contributed by atoms with Crippen molar-refractivity contribution in [1.29, 1.82) is 0 Å². The molecule has 1 atom stereocenters. The van der Waals surface area contributed by atoms with Crippen LogP contribution in [0.15, 0.2) is 119 Å². The summed E-state index contributed by atoms with van der Waals surface area (Å²) < 4.78 is 8.11. The molecule has 0 spiro atoms. The van der Waals surface area contributed by atoms with Crippen LogP contribution in [0.5, 0.6) is 0 Å². The molecule has 1 aliphatic heterocycles. The van der Waals surface area contributed by atoms with Gasteiger partial charge < -0.3 is 4.57 Å². The topological polar surface area (TPSA) is 15.6 Å². The molecule has 1 aliphatic rings. The zero-order valence-corrected chi connectivity index (χ0v) is 21.4. The molecule has 168 valence electrons. The Morgan fingerprint density at radius 2 is 1.24 bits per heavy atom. The highest BCUT2D eigenvalue weighted by Crippen LogP contribution is 2.39. The lowest BCUT2D eigenvalue weighted by molar-refractivity contribution is 1.26. The van der Waals surface area contributed by atoms with Crippen LogP contribution in [0, 0.1) is 6.92 Å². The van der Waals surface area contributed by atoms with Crippen molar-refractivity contribution >= 4 is 42.3 Å². The summed E-state index contributed by atoms with van der Waals surface area (Å²) in [5.74, 6) is 0. The van der Waals surface area contributed by atoms with Gasteiger partial charge in [-0.15, -0.1) is 0 Å². The fraction of sp³-hybridized carbons (Fsp3) is 0.100. The molecule has 4 aromatic rings. The number of benzene rings is 4. The second kappa shape index (κ2) is 9.09. The van der Waals surface area contributed by atoms with Gasteiger partial charge in [-0.05, 0) is 66.5 Å². The van der Waals surface area contributed by atoms with Crippen LogP contribution >= 0.6 is 11.6 Å². The smallest absolute Gasteiger partial charge is 0.318 e. The number of halogens is 1. The van der Waals surface area contributed by atoms with Gasteiger partial charge in [-0.3, -0.25) is 4.66 Å². The number of para-hydroxylation sites is 1. The number of allylic oxidation sites excluding steroid dienone is 1. The Morgan fingerprint density at radius 3 is 1.85 bits per heavy atom. The summed E-state index contributed by atoms with van der Waals surface area (Å²) in [5, 5.41) is 2.00. The van der Waals surface area contributed by atoms with E-state index in [0.717, 1.165) is 33.1 Å². The van der Waals surface area contributed by atoms with Crippen LogP contribution in [0.4, 0.5) is 5.69 Å². The minimum absolute atomic E-state index is 0.736. The summed E-state index contributed by atoms with van der Waals surface area (Å²) >= 11 is 6.29. The summed E-state index contributed by atoms with van der Waals surface area (Å²) in [6, 6.07) is 38.3. The van der Waals surface area contributed by atoms with Gasteiger partial charge in [0.2, 0.25) is 0 Å². The third-order valence-corrected chi connectivity index (χ3v) is 10.2. The second-order valence-corrected chi connectivity index (χ2v) is 12.6. The Labute approximate surface area is 208 Å². The van der Waals surface area contributed by atoms with Crippen LogP contribution in [-0.4, -0.2) is 14.1 Å². The fourth-order valence-electron chi connectivity index (χ4n) is 4.70. The SMILES string of the molecule is CC1=C(c2ccc(Cl)cc2)N(c2ccccc2)[Si](C)(c2ccccc2)N=C1c1ccc(C)cc1. The highest BCUT2D eigenvalue weighted by Gasteiger charge is 2.44. The van der Waals surface area contributed by atoms with Gasteiger partial charge in [-0.25, -0.2) is 0 Å². The average molecular weight is 479 g/mol. The van der Waals surface area contributed by atoms with Crippen molar-refractivity contribution in [3.8, 4) is 0 Å². The zero-order valence-electron chi connectivity index (χ0n) is 19.7. The molecule has 1 unspecified atom stereocenters. The minimum Gasteiger partial charge on any atom is -0.345 e. The molecule has 0 saturated heterocycles. The third-order valence-electron chi connectivity index (χ3n) is 6.48. The lowest BCUT2D eigenvalue weighted by Crippen LogP contribution is -2.61. The Balaban J connectivity index is 1.84. The molecule has 5 rings (SSSR count). The number of aryl methyl sites for hydroxylation is 1. The molecule has 0 saturated carbocycles. The standard InChI is InChI=1S/C30H27ClN2Si/c1-22-14-16-24(17-15-22)29-23(2)30(25-18-20-26(31)21-19-25)33(27-10-6-4-7-11-27)34(3,32-29)28-12-8-5-9-13-28/h4-21H,1-3H3. The molecule has 4 aromatic carbocycles. The van der Waals surface area contributed by atoms with Crippen molar-refractivity contribution in [1.82, 2.24) is 0 Å². The van der Waals surface area contributed by atoms with Gasteiger partial charge in [0.1, 0.15) is 0 Å². The van der Waals surface area contributed by atoms with Gasteiger partial charge in [-0.2, -0.15) is 0 Å². The predicted molar refractivity (Wildman–Crippen MR) is 148 cm³/mol. The van der Waals surface area contributed by atoms with Crippen LogP contribution in [0.25, 0.3) is 5.70 Å². The monoisotopic (exact) mass is 478 g/mol. The molecule has 0 amide bonds. The third kappa shape index (κ3) is 4.02. The quantitative estimate of drug-likeness (QED) is 0.279. The second-order valence-electron chi connectivity index (χ2n) is 8.86. The van der Waals surface area contributed by atoms with Crippen molar-refractivity contribution in [2.45, 2.75) is 20.4 Å². The summed E-state index contributed by atoms with van der Waals surface area (Å²) in [7, 11) is -2.61.